The van der Waals surface area contributed by atoms with E-state index in [2.05, 4.69) is 10.6 Å². The van der Waals surface area contributed by atoms with E-state index >= 15 is 0 Å². The zero-order chi connectivity index (χ0) is 19.4. The van der Waals surface area contributed by atoms with Crippen LogP contribution in [0.1, 0.15) is 16.7 Å². The van der Waals surface area contributed by atoms with E-state index in [1.54, 1.807) is 18.4 Å². The van der Waals surface area contributed by atoms with Crippen LogP contribution in [0.4, 0.5) is 11.4 Å². The maximum atomic E-state index is 12.2. The second-order valence-electron chi connectivity index (χ2n) is 6.40. The summed E-state index contributed by atoms with van der Waals surface area (Å²) in [7, 11) is 0. The van der Waals surface area contributed by atoms with Gasteiger partial charge in [0.25, 0.3) is 5.69 Å². The van der Waals surface area contributed by atoms with Gasteiger partial charge in [-0.2, -0.15) is 0 Å². The summed E-state index contributed by atoms with van der Waals surface area (Å²) in [5.74, 6) is -0.0820. The van der Waals surface area contributed by atoms with Gasteiger partial charge < -0.3 is 15.1 Å². The van der Waals surface area contributed by atoms with Crippen molar-refractivity contribution in [2.24, 2.45) is 0 Å². The third-order valence-electron chi connectivity index (χ3n) is 4.55. The second-order valence-corrected chi connectivity index (χ2v) is 6.40. The number of nitrogens with one attached hydrogen (secondary N) is 2. The molecule has 0 atom stereocenters. The van der Waals surface area contributed by atoms with Crippen molar-refractivity contribution < 1.29 is 14.1 Å². The Kier molecular flexibility index (Phi) is 5.40. The molecule has 0 unspecified atom stereocenters. The molecule has 1 heterocycles. The second kappa shape index (κ2) is 7.90. The van der Waals surface area contributed by atoms with Gasteiger partial charge in [-0.1, -0.05) is 12.1 Å². The number of benzene rings is 2. The largest absolute Gasteiger partial charge is 0.464 e. The molecule has 0 aliphatic heterocycles. The standard InChI is InChI=1S/C20H21N3O4/c1-13-3-8-18-15(12-27-20(18)14(13)2)11-19(24)22-10-9-21-16-4-6-17(7-5-16)23(25)26/h3-8,12,21H,9-11H2,1-2H3,(H,22,24). The van der Waals surface area contributed by atoms with Crippen LogP contribution in [0.5, 0.6) is 0 Å². The van der Waals surface area contributed by atoms with Gasteiger partial charge in [0, 0.05) is 41.9 Å². The molecule has 0 saturated carbocycles. The first kappa shape index (κ1) is 18.4. The summed E-state index contributed by atoms with van der Waals surface area (Å²) in [5, 5.41) is 17.6. The average molecular weight is 367 g/mol. The fourth-order valence-corrected chi connectivity index (χ4v) is 2.87. The molecule has 140 valence electrons. The highest BCUT2D eigenvalue weighted by molar-refractivity contribution is 5.89. The Morgan fingerprint density at radius 1 is 1.11 bits per heavy atom. The Morgan fingerprint density at radius 2 is 1.85 bits per heavy atom. The highest BCUT2D eigenvalue weighted by Gasteiger charge is 2.12. The van der Waals surface area contributed by atoms with Crippen LogP contribution in [0.25, 0.3) is 11.0 Å². The first-order valence-corrected chi connectivity index (χ1v) is 8.67. The maximum absolute atomic E-state index is 12.2. The molecular formula is C20H21N3O4. The Hall–Kier alpha value is -3.35. The van der Waals surface area contributed by atoms with E-state index < -0.39 is 4.92 Å². The minimum atomic E-state index is -0.438. The number of carbonyl (C=O) groups excluding carboxylic acids is 1. The number of carbonyl (C=O) groups is 1. The van der Waals surface area contributed by atoms with Crippen LogP contribution in [0.3, 0.4) is 0 Å². The summed E-state index contributed by atoms with van der Waals surface area (Å²) in [5.41, 5.74) is 4.76. The van der Waals surface area contributed by atoms with Crippen molar-refractivity contribution in [3.8, 4) is 0 Å². The summed E-state index contributed by atoms with van der Waals surface area (Å²) >= 11 is 0. The van der Waals surface area contributed by atoms with Crippen molar-refractivity contribution in [1.82, 2.24) is 5.32 Å². The predicted molar refractivity (Wildman–Crippen MR) is 104 cm³/mol. The Labute approximate surface area is 156 Å². The fourth-order valence-electron chi connectivity index (χ4n) is 2.87. The number of fused-ring (bicyclic) bond motifs is 1. The molecule has 0 saturated heterocycles. The summed E-state index contributed by atoms with van der Waals surface area (Å²) in [6, 6.07) is 10.2. The van der Waals surface area contributed by atoms with Gasteiger partial charge in [0.15, 0.2) is 0 Å². The molecule has 7 heteroatoms. The first-order chi connectivity index (χ1) is 13.0. The smallest absolute Gasteiger partial charge is 0.269 e. The molecule has 0 aliphatic carbocycles. The zero-order valence-corrected chi connectivity index (χ0v) is 15.2. The number of nitrogens with zero attached hydrogens (tertiary/aromatic N) is 1. The van der Waals surface area contributed by atoms with Gasteiger partial charge in [0.05, 0.1) is 17.6 Å². The van der Waals surface area contributed by atoms with Gasteiger partial charge >= 0.3 is 0 Å². The molecule has 0 fully saturated rings. The minimum Gasteiger partial charge on any atom is -0.464 e. The van der Waals surface area contributed by atoms with Gasteiger partial charge in [0.1, 0.15) is 5.58 Å². The average Bonchev–Trinajstić information content (AvgIpc) is 3.05. The number of nitro groups is 1. The fraction of sp³-hybridized carbons (Fsp3) is 0.250. The third-order valence-corrected chi connectivity index (χ3v) is 4.55. The Morgan fingerprint density at radius 3 is 2.56 bits per heavy atom. The SMILES string of the molecule is Cc1ccc2c(CC(=O)NCCNc3ccc([N+](=O)[O-])cc3)coc2c1C. The number of hydrogen-bond donors (Lipinski definition) is 2. The summed E-state index contributed by atoms with van der Waals surface area (Å²) < 4.78 is 5.63. The Balaban J connectivity index is 1.49. The highest BCUT2D eigenvalue weighted by Crippen LogP contribution is 2.26. The van der Waals surface area contributed by atoms with Crippen LogP contribution in [0.2, 0.25) is 0 Å². The number of non-ortho nitro benzene ring substituents is 1. The maximum Gasteiger partial charge on any atom is 0.269 e. The van der Waals surface area contributed by atoms with E-state index in [1.165, 1.54) is 12.1 Å². The summed E-state index contributed by atoms with van der Waals surface area (Å²) in [6.07, 6.45) is 1.90. The van der Waals surface area contributed by atoms with E-state index in [-0.39, 0.29) is 18.0 Å². The third kappa shape index (κ3) is 4.25. The van der Waals surface area contributed by atoms with Crippen LogP contribution in [0, 0.1) is 24.0 Å². The lowest BCUT2D eigenvalue weighted by Crippen LogP contribution is -2.29. The van der Waals surface area contributed by atoms with Gasteiger partial charge in [0.2, 0.25) is 5.91 Å². The van der Waals surface area contributed by atoms with E-state index in [4.69, 9.17) is 4.42 Å². The van der Waals surface area contributed by atoms with Gasteiger partial charge in [-0.15, -0.1) is 0 Å². The number of anilines is 1. The molecular weight excluding hydrogens is 346 g/mol. The van der Waals surface area contributed by atoms with Crippen molar-refractivity contribution in [3.05, 3.63) is 69.5 Å². The molecule has 1 amide bonds. The van der Waals surface area contributed by atoms with Crippen LogP contribution in [0.15, 0.2) is 47.1 Å². The molecule has 0 bridgehead atoms. The molecule has 0 spiro atoms. The van der Waals surface area contributed by atoms with Crippen molar-refractivity contribution in [3.63, 3.8) is 0 Å². The van der Waals surface area contributed by atoms with Crippen molar-refractivity contribution in [2.45, 2.75) is 20.3 Å². The van der Waals surface area contributed by atoms with Gasteiger partial charge in [-0.05, 0) is 37.1 Å². The molecule has 1 aromatic heterocycles. The van der Waals surface area contributed by atoms with Crippen LogP contribution >= 0.6 is 0 Å². The van der Waals surface area contributed by atoms with Crippen LogP contribution < -0.4 is 10.6 Å². The Bertz CT molecular complexity index is 977. The van der Waals surface area contributed by atoms with Gasteiger partial charge in [-0.25, -0.2) is 0 Å². The molecule has 2 aromatic carbocycles. The van der Waals surface area contributed by atoms with E-state index in [9.17, 15) is 14.9 Å². The topological polar surface area (TPSA) is 97.4 Å². The zero-order valence-electron chi connectivity index (χ0n) is 15.2. The number of amides is 1. The number of hydrogen-bond acceptors (Lipinski definition) is 5. The van der Waals surface area contributed by atoms with Crippen LogP contribution in [-0.2, 0) is 11.2 Å². The highest BCUT2D eigenvalue weighted by atomic mass is 16.6. The quantitative estimate of drug-likeness (QED) is 0.377. The van der Waals surface area contributed by atoms with Gasteiger partial charge in [-0.3, -0.25) is 14.9 Å². The summed E-state index contributed by atoms with van der Waals surface area (Å²) in [4.78, 5) is 22.4. The van der Waals surface area contributed by atoms with Crippen molar-refractivity contribution >= 4 is 28.3 Å². The first-order valence-electron chi connectivity index (χ1n) is 8.67. The molecule has 3 rings (SSSR count). The lowest BCUT2D eigenvalue weighted by Gasteiger charge is -2.08. The lowest BCUT2D eigenvalue weighted by atomic mass is 10.0. The number of furan rings is 1. The van der Waals surface area contributed by atoms with Crippen molar-refractivity contribution in [1.29, 1.82) is 0 Å². The molecule has 2 N–H and O–H groups in total. The van der Waals surface area contributed by atoms with Crippen molar-refractivity contribution in [2.75, 3.05) is 18.4 Å². The number of rotatable bonds is 7. The predicted octanol–water partition coefficient (Wildman–Crippen LogP) is 3.73. The normalized spacial score (nSPS) is 10.7. The monoisotopic (exact) mass is 367 g/mol. The molecule has 7 nitrogen and oxygen atoms in total. The van der Waals surface area contributed by atoms with Crippen LogP contribution in [-0.4, -0.2) is 23.9 Å². The number of nitro benzene ring substituents is 1. The van der Waals surface area contributed by atoms with E-state index in [0.29, 0.717) is 13.1 Å². The lowest BCUT2D eigenvalue weighted by molar-refractivity contribution is -0.384. The number of aryl methyl sites for hydroxylation is 2. The minimum absolute atomic E-state index is 0.0478. The van der Waals surface area contributed by atoms with E-state index in [0.717, 1.165) is 33.3 Å². The summed E-state index contributed by atoms with van der Waals surface area (Å²) in [6.45, 7) is 5.01. The molecule has 27 heavy (non-hydrogen) atoms. The molecule has 0 radical (unpaired) electrons. The molecule has 0 aliphatic rings. The van der Waals surface area contributed by atoms with E-state index in [1.807, 2.05) is 26.0 Å². The molecule has 3 aromatic rings.